The molecule has 1 amide bonds. The molecule has 0 heterocycles. The Labute approximate surface area is 104 Å². The minimum atomic E-state index is -0.521. The van der Waals surface area contributed by atoms with Crippen molar-refractivity contribution < 1.29 is 13.9 Å². The molecule has 0 saturated carbocycles. The smallest absolute Gasteiger partial charge is 0.248 e. The van der Waals surface area contributed by atoms with E-state index in [-0.39, 0.29) is 5.75 Å². The van der Waals surface area contributed by atoms with Crippen LogP contribution in [0.3, 0.4) is 0 Å². The van der Waals surface area contributed by atoms with Crippen LogP contribution in [0.2, 0.25) is 0 Å². The Morgan fingerprint density at radius 3 is 2.61 bits per heavy atom. The molecular weight excluding hydrogens is 233 g/mol. The summed E-state index contributed by atoms with van der Waals surface area (Å²) in [5.74, 6) is -0.814. The SMILES string of the molecule is COc1c(F)cccc1-c1cccc(C(N)=O)c1. The topological polar surface area (TPSA) is 52.3 Å². The van der Waals surface area contributed by atoms with Crippen LogP contribution in [0.1, 0.15) is 10.4 Å². The second-order valence-corrected chi connectivity index (χ2v) is 3.77. The van der Waals surface area contributed by atoms with Crippen molar-refractivity contribution in [3.05, 3.63) is 53.8 Å². The van der Waals surface area contributed by atoms with Gasteiger partial charge in [-0.25, -0.2) is 4.39 Å². The summed E-state index contributed by atoms with van der Waals surface area (Å²) < 4.78 is 18.6. The molecule has 0 aliphatic heterocycles. The van der Waals surface area contributed by atoms with Gasteiger partial charge in [0.25, 0.3) is 0 Å². The van der Waals surface area contributed by atoms with E-state index in [0.29, 0.717) is 16.7 Å². The second-order valence-electron chi connectivity index (χ2n) is 3.77. The Morgan fingerprint density at radius 1 is 1.22 bits per heavy atom. The highest BCUT2D eigenvalue weighted by molar-refractivity contribution is 5.94. The number of nitrogens with two attached hydrogens (primary N) is 1. The summed E-state index contributed by atoms with van der Waals surface area (Å²) in [4.78, 5) is 11.1. The third-order valence-electron chi connectivity index (χ3n) is 2.63. The molecule has 0 atom stereocenters. The highest BCUT2D eigenvalue weighted by atomic mass is 19.1. The highest BCUT2D eigenvalue weighted by Gasteiger charge is 2.11. The van der Waals surface area contributed by atoms with Crippen LogP contribution < -0.4 is 10.5 Å². The quantitative estimate of drug-likeness (QED) is 0.903. The first-order valence-corrected chi connectivity index (χ1v) is 5.36. The van der Waals surface area contributed by atoms with E-state index in [0.717, 1.165) is 0 Å². The molecule has 0 bridgehead atoms. The number of benzene rings is 2. The Hall–Kier alpha value is -2.36. The van der Waals surface area contributed by atoms with Gasteiger partial charge in [-0.1, -0.05) is 24.3 Å². The van der Waals surface area contributed by atoms with E-state index in [1.807, 2.05) is 0 Å². The van der Waals surface area contributed by atoms with Crippen molar-refractivity contribution in [3.8, 4) is 16.9 Å². The van der Waals surface area contributed by atoms with Crippen molar-refractivity contribution in [3.63, 3.8) is 0 Å². The van der Waals surface area contributed by atoms with Crippen molar-refractivity contribution in [2.24, 2.45) is 5.73 Å². The molecule has 92 valence electrons. The zero-order chi connectivity index (χ0) is 13.1. The van der Waals surface area contributed by atoms with Gasteiger partial charge in [0.05, 0.1) is 7.11 Å². The molecule has 0 aliphatic rings. The third-order valence-corrected chi connectivity index (χ3v) is 2.63. The van der Waals surface area contributed by atoms with E-state index < -0.39 is 11.7 Å². The number of rotatable bonds is 3. The summed E-state index contributed by atoms with van der Waals surface area (Å²) in [6.45, 7) is 0. The normalized spacial score (nSPS) is 10.1. The molecule has 3 nitrogen and oxygen atoms in total. The molecule has 18 heavy (non-hydrogen) atoms. The van der Waals surface area contributed by atoms with E-state index >= 15 is 0 Å². The van der Waals surface area contributed by atoms with Crippen LogP contribution in [-0.4, -0.2) is 13.0 Å². The van der Waals surface area contributed by atoms with Crippen LogP contribution in [-0.2, 0) is 0 Å². The Bertz CT molecular complexity index is 596. The predicted octanol–water partition coefficient (Wildman–Crippen LogP) is 2.60. The molecule has 0 aromatic heterocycles. The number of hydrogen-bond donors (Lipinski definition) is 1. The Kier molecular flexibility index (Phi) is 3.28. The number of ether oxygens (including phenoxy) is 1. The van der Waals surface area contributed by atoms with Crippen molar-refractivity contribution >= 4 is 5.91 Å². The molecule has 2 rings (SSSR count). The van der Waals surface area contributed by atoms with Gasteiger partial charge in [0.15, 0.2) is 11.6 Å². The number of primary amides is 1. The first-order chi connectivity index (χ1) is 8.63. The van der Waals surface area contributed by atoms with Crippen molar-refractivity contribution in [1.82, 2.24) is 0 Å². The molecule has 0 radical (unpaired) electrons. The third kappa shape index (κ3) is 2.18. The number of para-hydroxylation sites is 1. The lowest BCUT2D eigenvalue weighted by Gasteiger charge is -2.10. The minimum Gasteiger partial charge on any atom is -0.493 e. The fraction of sp³-hybridized carbons (Fsp3) is 0.0714. The molecular formula is C14H12FNO2. The summed E-state index contributed by atoms with van der Waals surface area (Å²) in [7, 11) is 1.40. The van der Waals surface area contributed by atoms with Crippen LogP contribution in [0.5, 0.6) is 5.75 Å². The van der Waals surface area contributed by atoms with E-state index in [1.165, 1.54) is 13.2 Å². The fourth-order valence-corrected chi connectivity index (χ4v) is 1.78. The van der Waals surface area contributed by atoms with Crippen molar-refractivity contribution in [2.75, 3.05) is 7.11 Å². The molecule has 0 spiro atoms. The lowest BCUT2D eigenvalue weighted by Crippen LogP contribution is -2.10. The number of amides is 1. The Balaban J connectivity index is 2.58. The summed E-state index contributed by atoms with van der Waals surface area (Å²) in [6.07, 6.45) is 0. The maximum atomic E-state index is 13.6. The zero-order valence-electron chi connectivity index (χ0n) is 9.81. The van der Waals surface area contributed by atoms with Crippen LogP contribution in [0.15, 0.2) is 42.5 Å². The van der Waals surface area contributed by atoms with Gasteiger partial charge in [-0.15, -0.1) is 0 Å². The van der Waals surface area contributed by atoms with Gasteiger partial charge in [0.2, 0.25) is 5.91 Å². The average Bonchev–Trinajstić information content (AvgIpc) is 2.38. The molecule has 0 aliphatic carbocycles. The fourth-order valence-electron chi connectivity index (χ4n) is 1.78. The molecule has 2 aromatic carbocycles. The van der Waals surface area contributed by atoms with E-state index in [1.54, 1.807) is 36.4 Å². The average molecular weight is 245 g/mol. The maximum Gasteiger partial charge on any atom is 0.248 e. The van der Waals surface area contributed by atoms with Gasteiger partial charge in [-0.05, 0) is 23.8 Å². The van der Waals surface area contributed by atoms with Crippen LogP contribution in [0, 0.1) is 5.82 Å². The number of halogens is 1. The van der Waals surface area contributed by atoms with Gasteiger partial charge >= 0.3 is 0 Å². The lowest BCUT2D eigenvalue weighted by molar-refractivity contribution is 0.100. The molecule has 2 aromatic rings. The van der Waals surface area contributed by atoms with Crippen LogP contribution >= 0.6 is 0 Å². The largest absolute Gasteiger partial charge is 0.493 e. The van der Waals surface area contributed by atoms with Gasteiger partial charge < -0.3 is 10.5 Å². The van der Waals surface area contributed by atoms with Gasteiger partial charge in [-0.2, -0.15) is 0 Å². The molecule has 2 N–H and O–H groups in total. The molecule has 4 heteroatoms. The van der Waals surface area contributed by atoms with Crippen molar-refractivity contribution in [1.29, 1.82) is 0 Å². The van der Waals surface area contributed by atoms with E-state index in [9.17, 15) is 9.18 Å². The minimum absolute atomic E-state index is 0.152. The maximum absolute atomic E-state index is 13.6. The first-order valence-electron chi connectivity index (χ1n) is 5.36. The Morgan fingerprint density at radius 2 is 1.94 bits per heavy atom. The van der Waals surface area contributed by atoms with Gasteiger partial charge in [0, 0.05) is 11.1 Å². The summed E-state index contributed by atoms with van der Waals surface area (Å²) in [5, 5.41) is 0. The summed E-state index contributed by atoms with van der Waals surface area (Å²) in [6, 6.07) is 11.3. The number of hydrogen-bond acceptors (Lipinski definition) is 2. The van der Waals surface area contributed by atoms with Crippen LogP contribution in [0.4, 0.5) is 4.39 Å². The summed E-state index contributed by atoms with van der Waals surface area (Å²) >= 11 is 0. The molecule has 0 fully saturated rings. The van der Waals surface area contributed by atoms with Crippen molar-refractivity contribution in [2.45, 2.75) is 0 Å². The number of carbonyl (C=O) groups is 1. The monoisotopic (exact) mass is 245 g/mol. The van der Waals surface area contributed by atoms with E-state index in [2.05, 4.69) is 0 Å². The highest BCUT2D eigenvalue weighted by Crippen LogP contribution is 2.32. The van der Waals surface area contributed by atoms with Crippen LogP contribution in [0.25, 0.3) is 11.1 Å². The summed E-state index contributed by atoms with van der Waals surface area (Å²) in [5.41, 5.74) is 6.86. The molecule has 0 unspecified atom stereocenters. The predicted molar refractivity (Wildman–Crippen MR) is 66.9 cm³/mol. The lowest BCUT2D eigenvalue weighted by atomic mass is 10.0. The van der Waals surface area contributed by atoms with E-state index in [4.69, 9.17) is 10.5 Å². The number of carbonyl (C=O) groups excluding carboxylic acids is 1. The second kappa shape index (κ2) is 4.87. The first kappa shape index (κ1) is 12.1. The standard InChI is InChI=1S/C14H12FNO2/c1-18-13-11(6-3-7-12(13)15)9-4-2-5-10(8-9)14(16)17/h2-8H,1H3,(H2,16,17). The zero-order valence-corrected chi connectivity index (χ0v) is 9.81. The number of methoxy groups -OCH3 is 1. The molecule has 0 saturated heterocycles. The van der Waals surface area contributed by atoms with Gasteiger partial charge in [-0.3, -0.25) is 4.79 Å². The van der Waals surface area contributed by atoms with Gasteiger partial charge in [0.1, 0.15) is 0 Å².